The Morgan fingerprint density at radius 2 is 1.59 bits per heavy atom. The molecule has 0 atom stereocenters. The first-order valence-corrected chi connectivity index (χ1v) is 11.0. The largest absolute Gasteiger partial charge is 0.353 e. The van der Waals surface area contributed by atoms with E-state index in [0.29, 0.717) is 30.7 Å². The molecule has 4 rings (SSSR count). The summed E-state index contributed by atoms with van der Waals surface area (Å²) in [6.07, 6.45) is 0. The van der Waals surface area contributed by atoms with Gasteiger partial charge in [-0.15, -0.1) is 0 Å². The lowest BCUT2D eigenvalue weighted by Gasteiger charge is -2.35. The molecule has 0 radical (unpaired) electrons. The van der Waals surface area contributed by atoms with Gasteiger partial charge in [-0.2, -0.15) is 9.29 Å². The molecule has 0 unspecified atom stereocenters. The smallest absolute Gasteiger partial charge is 0.244 e. The van der Waals surface area contributed by atoms with Gasteiger partial charge in [-0.1, -0.05) is 24.3 Å². The van der Waals surface area contributed by atoms with E-state index in [2.05, 4.69) is 30.8 Å². The number of piperazine rings is 1. The molecular weight excluding hydrogens is 452 g/mol. The third kappa shape index (κ3) is 3.54. The number of nitrogens with zero attached hydrogens (tertiary/aromatic N) is 4. The second-order valence-electron chi connectivity index (χ2n) is 6.15. The number of halogens is 2. The van der Waals surface area contributed by atoms with E-state index in [1.54, 1.807) is 24.3 Å². The fourth-order valence-corrected chi connectivity index (χ4v) is 5.76. The van der Waals surface area contributed by atoms with Crippen molar-refractivity contribution >= 4 is 54.3 Å². The predicted molar refractivity (Wildman–Crippen MR) is 110 cm³/mol. The Labute approximate surface area is 171 Å². The lowest BCUT2D eigenvalue weighted by Crippen LogP contribution is -2.49. The molecule has 140 valence electrons. The van der Waals surface area contributed by atoms with E-state index in [0.717, 1.165) is 16.7 Å². The third-order valence-corrected chi connectivity index (χ3v) is 7.63. The van der Waals surface area contributed by atoms with Crippen molar-refractivity contribution in [1.29, 1.82) is 0 Å². The minimum atomic E-state index is -3.55. The zero-order valence-corrected chi connectivity index (χ0v) is 17.4. The van der Waals surface area contributed by atoms with Gasteiger partial charge in [0.2, 0.25) is 15.3 Å². The van der Waals surface area contributed by atoms with E-state index < -0.39 is 10.0 Å². The molecule has 3 aromatic rings. The fourth-order valence-electron chi connectivity index (χ4n) is 3.21. The van der Waals surface area contributed by atoms with E-state index in [9.17, 15) is 8.42 Å². The van der Waals surface area contributed by atoms with E-state index in [4.69, 9.17) is 11.6 Å². The van der Waals surface area contributed by atoms with Gasteiger partial charge in [-0.3, -0.25) is 0 Å². The zero-order valence-electron chi connectivity index (χ0n) is 14.2. The summed E-state index contributed by atoms with van der Waals surface area (Å²) in [5, 5.41) is 1.09. The first-order valence-electron chi connectivity index (χ1n) is 8.39. The number of fused-ring (bicyclic) bond motifs is 1. The van der Waals surface area contributed by atoms with Crippen molar-refractivity contribution < 1.29 is 8.42 Å². The molecular formula is C18H16BrClN4O2S. The van der Waals surface area contributed by atoms with Crippen molar-refractivity contribution in [2.24, 2.45) is 0 Å². The van der Waals surface area contributed by atoms with Gasteiger partial charge in [-0.05, 0) is 51.8 Å². The van der Waals surface area contributed by atoms with Crippen LogP contribution in [-0.2, 0) is 10.0 Å². The molecule has 0 spiro atoms. The van der Waals surface area contributed by atoms with Crippen LogP contribution >= 0.6 is 27.5 Å². The SMILES string of the molecule is O=S(=O)(c1ccccc1Br)N1CCN(c2nc(Cl)nc3ccccc23)CC1. The molecule has 9 heteroatoms. The topological polar surface area (TPSA) is 66.4 Å². The summed E-state index contributed by atoms with van der Waals surface area (Å²) in [5.74, 6) is 0.739. The molecule has 1 aromatic heterocycles. The number of hydrogen-bond acceptors (Lipinski definition) is 5. The number of para-hydroxylation sites is 1. The van der Waals surface area contributed by atoms with Crippen LogP contribution in [0.1, 0.15) is 0 Å². The Kier molecular flexibility index (Phi) is 5.07. The van der Waals surface area contributed by atoms with E-state index in [1.807, 2.05) is 24.3 Å². The molecule has 0 aliphatic carbocycles. The van der Waals surface area contributed by atoms with E-state index in [-0.39, 0.29) is 10.2 Å². The molecule has 2 heterocycles. The summed E-state index contributed by atoms with van der Waals surface area (Å²) >= 11 is 9.42. The quantitative estimate of drug-likeness (QED) is 0.551. The summed E-state index contributed by atoms with van der Waals surface area (Å²) in [6, 6.07) is 14.5. The molecule has 0 amide bonds. The molecule has 2 aromatic carbocycles. The normalized spacial score (nSPS) is 16.0. The monoisotopic (exact) mass is 466 g/mol. The third-order valence-electron chi connectivity index (χ3n) is 4.55. The van der Waals surface area contributed by atoms with Gasteiger partial charge in [-0.25, -0.2) is 13.4 Å². The summed E-state index contributed by atoms with van der Waals surface area (Å²) in [6.45, 7) is 1.81. The highest BCUT2D eigenvalue weighted by atomic mass is 79.9. The lowest BCUT2D eigenvalue weighted by molar-refractivity contribution is 0.384. The highest BCUT2D eigenvalue weighted by molar-refractivity contribution is 9.10. The van der Waals surface area contributed by atoms with Crippen LogP contribution in [0.15, 0.2) is 57.9 Å². The second kappa shape index (κ2) is 7.35. The van der Waals surface area contributed by atoms with Crippen molar-refractivity contribution in [2.75, 3.05) is 31.1 Å². The minimum absolute atomic E-state index is 0.187. The van der Waals surface area contributed by atoms with Gasteiger partial charge < -0.3 is 4.90 Å². The van der Waals surface area contributed by atoms with Gasteiger partial charge in [0.05, 0.1) is 10.4 Å². The van der Waals surface area contributed by atoms with Gasteiger partial charge >= 0.3 is 0 Å². The molecule has 1 aliphatic heterocycles. The van der Waals surface area contributed by atoms with Crippen LogP contribution in [-0.4, -0.2) is 48.9 Å². The van der Waals surface area contributed by atoms with Crippen LogP contribution in [0, 0.1) is 0 Å². The molecule has 27 heavy (non-hydrogen) atoms. The molecule has 0 saturated carbocycles. The standard InChI is InChI=1S/C18H16BrClN4O2S/c19-14-6-2-4-8-16(14)27(25,26)24-11-9-23(10-12-24)17-13-5-1-3-7-15(13)21-18(20)22-17/h1-8H,9-12H2. The van der Waals surface area contributed by atoms with Crippen LogP contribution in [0.5, 0.6) is 0 Å². The van der Waals surface area contributed by atoms with Gasteiger partial charge in [0, 0.05) is 36.0 Å². The van der Waals surface area contributed by atoms with Crippen molar-refractivity contribution in [3.05, 3.63) is 58.3 Å². The first kappa shape index (κ1) is 18.6. The Hall–Kier alpha value is -1.74. The van der Waals surface area contributed by atoms with Crippen molar-refractivity contribution in [3.63, 3.8) is 0 Å². The zero-order chi connectivity index (χ0) is 19.0. The molecule has 6 nitrogen and oxygen atoms in total. The maximum absolute atomic E-state index is 12.9. The molecule has 1 aliphatic rings. The van der Waals surface area contributed by atoms with E-state index in [1.165, 1.54) is 4.31 Å². The summed E-state index contributed by atoms with van der Waals surface area (Å²) in [5.41, 5.74) is 0.774. The van der Waals surface area contributed by atoms with Gasteiger partial charge in [0.15, 0.2) is 0 Å². The number of rotatable bonds is 3. The molecule has 0 N–H and O–H groups in total. The van der Waals surface area contributed by atoms with Crippen molar-refractivity contribution in [1.82, 2.24) is 14.3 Å². The Balaban J connectivity index is 1.59. The van der Waals surface area contributed by atoms with Gasteiger partial charge in [0.25, 0.3) is 0 Å². The fraction of sp³-hybridized carbons (Fsp3) is 0.222. The number of anilines is 1. The summed E-state index contributed by atoms with van der Waals surface area (Å²) in [7, 11) is -3.55. The average molecular weight is 468 g/mol. The van der Waals surface area contributed by atoms with Crippen LogP contribution in [0.25, 0.3) is 10.9 Å². The average Bonchev–Trinajstić information content (AvgIpc) is 2.67. The Morgan fingerprint density at radius 3 is 2.33 bits per heavy atom. The van der Waals surface area contributed by atoms with Crippen LogP contribution < -0.4 is 4.90 Å². The number of benzene rings is 2. The van der Waals surface area contributed by atoms with Crippen LogP contribution in [0.4, 0.5) is 5.82 Å². The van der Waals surface area contributed by atoms with Crippen LogP contribution in [0.2, 0.25) is 5.28 Å². The summed E-state index contributed by atoms with van der Waals surface area (Å²) < 4.78 is 28.0. The van der Waals surface area contributed by atoms with Crippen molar-refractivity contribution in [2.45, 2.75) is 4.90 Å². The predicted octanol–water partition coefficient (Wildman–Crippen LogP) is 3.56. The number of aromatic nitrogens is 2. The highest BCUT2D eigenvalue weighted by Gasteiger charge is 2.30. The molecule has 0 bridgehead atoms. The maximum atomic E-state index is 12.9. The molecule has 1 fully saturated rings. The lowest BCUT2D eigenvalue weighted by atomic mass is 10.2. The first-order chi connectivity index (χ1) is 13.0. The highest BCUT2D eigenvalue weighted by Crippen LogP contribution is 2.29. The number of hydrogen-bond donors (Lipinski definition) is 0. The number of sulfonamides is 1. The molecule has 1 saturated heterocycles. The van der Waals surface area contributed by atoms with Crippen molar-refractivity contribution in [3.8, 4) is 0 Å². The Bertz CT molecular complexity index is 1100. The van der Waals surface area contributed by atoms with E-state index >= 15 is 0 Å². The minimum Gasteiger partial charge on any atom is -0.353 e. The maximum Gasteiger partial charge on any atom is 0.244 e. The van der Waals surface area contributed by atoms with Gasteiger partial charge in [0.1, 0.15) is 5.82 Å². The second-order valence-corrected chi connectivity index (χ2v) is 9.25. The summed E-state index contributed by atoms with van der Waals surface area (Å²) in [4.78, 5) is 11.0. The Morgan fingerprint density at radius 1 is 0.926 bits per heavy atom. The van der Waals surface area contributed by atoms with Crippen LogP contribution in [0.3, 0.4) is 0 Å².